The summed E-state index contributed by atoms with van der Waals surface area (Å²) in [5.74, 6) is 0.0644. The molecule has 4 nitrogen and oxygen atoms in total. The predicted molar refractivity (Wildman–Crippen MR) is 87.9 cm³/mol. The number of hydrogen-bond acceptors (Lipinski definition) is 6. The molecule has 0 radical (unpaired) electrons. The van der Waals surface area contributed by atoms with Crippen LogP contribution in [0.1, 0.15) is 23.7 Å². The summed E-state index contributed by atoms with van der Waals surface area (Å²) in [6.07, 6.45) is 4.16. The molecule has 1 atom stereocenters. The molecule has 1 aliphatic carbocycles. The summed E-state index contributed by atoms with van der Waals surface area (Å²) in [4.78, 5) is 12.5. The molecule has 0 spiro atoms. The number of carbonyl (C=O) groups is 1. The van der Waals surface area contributed by atoms with Gasteiger partial charge in [-0.25, -0.2) is 0 Å². The Kier molecular flexibility index (Phi) is 4.82. The highest BCUT2D eigenvalue weighted by atomic mass is 32.2. The summed E-state index contributed by atoms with van der Waals surface area (Å²) in [5, 5.41) is 11.1. The van der Waals surface area contributed by atoms with Crippen LogP contribution in [0, 0.1) is 0 Å². The summed E-state index contributed by atoms with van der Waals surface area (Å²) in [6, 6.07) is 10.2. The molecule has 0 bridgehead atoms. The molecule has 0 aliphatic heterocycles. The average molecular weight is 337 g/mol. The van der Waals surface area contributed by atoms with E-state index in [1.807, 2.05) is 36.6 Å². The molecule has 1 saturated carbocycles. The highest BCUT2D eigenvalue weighted by Crippen LogP contribution is 2.38. The lowest BCUT2D eigenvalue weighted by Gasteiger charge is -2.15. The fourth-order valence-electron chi connectivity index (χ4n) is 1.83. The quantitative estimate of drug-likeness (QED) is 0.819. The van der Waals surface area contributed by atoms with Crippen LogP contribution < -0.4 is 5.32 Å². The first-order chi connectivity index (χ1) is 10.3. The van der Waals surface area contributed by atoms with Gasteiger partial charge in [-0.05, 0) is 24.7 Å². The highest BCUT2D eigenvalue weighted by Gasteiger charge is 2.29. The topological polar surface area (TPSA) is 54.9 Å². The van der Waals surface area contributed by atoms with Crippen molar-refractivity contribution in [3.05, 3.63) is 35.9 Å². The summed E-state index contributed by atoms with van der Waals surface area (Å²) in [7, 11) is 0. The van der Waals surface area contributed by atoms with Gasteiger partial charge in [0.25, 0.3) is 0 Å². The molecule has 1 heterocycles. The van der Waals surface area contributed by atoms with Crippen LogP contribution in [0.2, 0.25) is 0 Å². The van der Waals surface area contributed by atoms with Crippen molar-refractivity contribution in [2.75, 3.05) is 6.26 Å². The Hall–Kier alpha value is -1.05. The molecule has 1 aliphatic rings. The van der Waals surface area contributed by atoms with Crippen molar-refractivity contribution >= 4 is 40.8 Å². The van der Waals surface area contributed by atoms with E-state index in [1.54, 1.807) is 11.8 Å². The van der Waals surface area contributed by atoms with Crippen LogP contribution in [0.15, 0.2) is 39.0 Å². The van der Waals surface area contributed by atoms with E-state index in [9.17, 15) is 4.79 Å². The summed E-state index contributed by atoms with van der Waals surface area (Å²) >= 11 is 4.58. The van der Waals surface area contributed by atoms with Crippen molar-refractivity contribution in [2.45, 2.75) is 32.8 Å². The van der Waals surface area contributed by atoms with Crippen molar-refractivity contribution in [3.63, 3.8) is 0 Å². The molecule has 7 heteroatoms. The molecule has 1 aromatic heterocycles. The second kappa shape index (κ2) is 6.81. The Labute approximate surface area is 136 Å². The molecule has 0 saturated heterocycles. The van der Waals surface area contributed by atoms with Gasteiger partial charge in [0.2, 0.25) is 5.91 Å². The van der Waals surface area contributed by atoms with Gasteiger partial charge >= 0.3 is 0 Å². The number of carbonyl (C=O) groups excluding carboxylic acids is 1. The maximum absolute atomic E-state index is 12.5. The van der Waals surface area contributed by atoms with Gasteiger partial charge in [-0.3, -0.25) is 4.79 Å². The number of rotatable bonds is 6. The van der Waals surface area contributed by atoms with Crippen molar-refractivity contribution in [3.8, 4) is 0 Å². The van der Waals surface area contributed by atoms with Gasteiger partial charge in [-0.1, -0.05) is 65.2 Å². The van der Waals surface area contributed by atoms with E-state index in [0.717, 1.165) is 27.1 Å². The molecule has 1 amide bonds. The zero-order valence-corrected chi connectivity index (χ0v) is 13.9. The zero-order valence-electron chi connectivity index (χ0n) is 11.5. The highest BCUT2D eigenvalue weighted by molar-refractivity contribution is 8.03. The van der Waals surface area contributed by atoms with Gasteiger partial charge in [0.1, 0.15) is 5.25 Å². The molecular weight excluding hydrogens is 322 g/mol. The number of amides is 1. The molecule has 1 N–H and O–H groups in total. The molecule has 3 rings (SSSR count). The van der Waals surface area contributed by atoms with Crippen LogP contribution in [0.3, 0.4) is 0 Å². The monoisotopic (exact) mass is 337 g/mol. The van der Waals surface area contributed by atoms with Gasteiger partial charge in [-0.15, -0.1) is 10.2 Å². The van der Waals surface area contributed by atoms with Crippen molar-refractivity contribution < 1.29 is 4.79 Å². The van der Waals surface area contributed by atoms with Gasteiger partial charge in [0.05, 0.1) is 0 Å². The molecule has 1 fully saturated rings. The number of thioether (sulfide) groups is 2. The normalized spacial score (nSPS) is 15.7. The second-order valence-corrected chi connectivity index (χ2v) is 8.11. The van der Waals surface area contributed by atoms with Crippen LogP contribution in [0.5, 0.6) is 0 Å². The summed E-state index contributed by atoms with van der Waals surface area (Å²) < 4.78 is 1.76. The maximum Gasteiger partial charge on any atom is 0.238 e. The molecule has 2 aromatic rings. The first-order valence-electron chi connectivity index (χ1n) is 6.65. The Morgan fingerprint density at radius 2 is 2.00 bits per heavy atom. The van der Waals surface area contributed by atoms with Crippen molar-refractivity contribution in [1.82, 2.24) is 15.5 Å². The number of benzene rings is 1. The van der Waals surface area contributed by atoms with Crippen LogP contribution >= 0.6 is 34.9 Å². The average Bonchev–Trinajstić information content (AvgIpc) is 3.21. The van der Waals surface area contributed by atoms with E-state index >= 15 is 0 Å². The van der Waals surface area contributed by atoms with Gasteiger partial charge < -0.3 is 5.32 Å². The van der Waals surface area contributed by atoms with E-state index in [4.69, 9.17) is 0 Å². The van der Waals surface area contributed by atoms with Gasteiger partial charge in [0.15, 0.2) is 8.68 Å². The maximum atomic E-state index is 12.5. The number of hydrogen-bond donors (Lipinski definition) is 1. The van der Waals surface area contributed by atoms with Gasteiger partial charge in [-0.2, -0.15) is 0 Å². The minimum Gasteiger partial charge on any atom is -0.352 e. The van der Waals surface area contributed by atoms with Crippen LogP contribution in [0.25, 0.3) is 0 Å². The van der Waals surface area contributed by atoms with E-state index in [2.05, 4.69) is 15.5 Å². The van der Waals surface area contributed by atoms with Crippen LogP contribution in [-0.2, 0) is 4.79 Å². The minimum atomic E-state index is -0.269. The fraction of sp³-hybridized carbons (Fsp3) is 0.357. The van der Waals surface area contributed by atoms with Crippen LogP contribution in [0.4, 0.5) is 0 Å². The van der Waals surface area contributed by atoms with Crippen LogP contribution in [-0.4, -0.2) is 28.4 Å². The lowest BCUT2D eigenvalue weighted by Crippen LogP contribution is -2.29. The number of aromatic nitrogens is 2. The Morgan fingerprint density at radius 3 is 2.62 bits per heavy atom. The van der Waals surface area contributed by atoms with Gasteiger partial charge in [0, 0.05) is 6.04 Å². The number of nitrogens with zero attached hydrogens (tertiary/aromatic N) is 2. The third kappa shape index (κ3) is 3.99. The first kappa shape index (κ1) is 14.9. The van der Waals surface area contributed by atoms with E-state index in [-0.39, 0.29) is 11.2 Å². The Balaban J connectivity index is 1.79. The largest absolute Gasteiger partial charge is 0.352 e. The Bertz CT molecular complexity index is 613. The molecule has 21 heavy (non-hydrogen) atoms. The van der Waals surface area contributed by atoms with Crippen molar-refractivity contribution in [1.29, 1.82) is 0 Å². The Morgan fingerprint density at radius 1 is 1.29 bits per heavy atom. The number of nitrogens with one attached hydrogen (secondary N) is 1. The predicted octanol–water partition coefficient (Wildman–Crippen LogP) is 3.37. The summed E-state index contributed by atoms with van der Waals surface area (Å²) in [6.45, 7) is 0. The van der Waals surface area contributed by atoms with E-state index in [0.29, 0.717) is 6.04 Å². The standard InChI is InChI=1S/C14H15N3OS3/c1-19-13-16-17-14(21-13)20-11(9-5-3-2-4-6-9)12(18)15-10-7-8-10/h2-6,10-11H,7-8H2,1H3,(H,15,18)/t11-/m1/s1. The first-order valence-corrected chi connectivity index (χ1v) is 9.58. The smallest absolute Gasteiger partial charge is 0.238 e. The van der Waals surface area contributed by atoms with Crippen molar-refractivity contribution in [2.24, 2.45) is 0 Å². The minimum absolute atomic E-state index is 0.0644. The third-order valence-electron chi connectivity index (χ3n) is 3.05. The molecule has 1 aromatic carbocycles. The SMILES string of the molecule is CSc1nnc(S[C@@H](C(=O)NC2CC2)c2ccccc2)s1. The van der Waals surface area contributed by atoms with E-state index < -0.39 is 0 Å². The molecular formula is C14H15N3OS3. The summed E-state index contributed by atoms with van der Waals surface area (Å²) in [5.41, 5.74) is 1.00. The zero-order chi connectivity index (χ0) is 14.7. The molecule has 110 valence electrons. The fourth-order valence-corrected chi connectivity index (χ4v) is 4.47. The second-order valence-electron chi connectivity index (χ2n) is 4.73. The van der Waals surface area contributed by atoms with E-state index in [1.165, 1.54) is 23.1 Å². The lowest BCUT2D eigenvalue weighted by atomic mass is 10.1. The lowest BCUT2D eigenvalue weighted by molar-refractivity contribution is -0.120. The molecule has 0 unspecified atom stereocenters. The third-order valence-corrected chi connectivity index (χ3v) is 6.28.